The van der Waals surface area contributed by atoms with Crippen molar-refractivity contribution in [1.82, 2.24) is 0 Å². The number of hydrogen-bond acceptors (Lipinski definition) is 3. The van der Waals surface area contributed by atoms with Gasteiger partial charge in [0.2, 0.25) is 0 Å². The van der Waals surface area contributed by atoms with Gasteiger partial charge in [0.05, 0.1) is 7.11 Å². The second-order valence-corrected chi connectivity index (χ2v) is 5.20. The summed E-state index contributed by atoms with van der Waals surface area (Å²) in [5, 5.41) is 3.40. The SMILES string of the molecule is COc1ccc(NCCCC(C)(C)N)cc1C. The van der Waals surface area contributed by atoms with E-state index < -0.39 is 0 Å². The highest BCUT2D eigenvalue weighted by Crippen LogP contribution is 2.21. The molecule has 0 saturated carbocycles. The van der Waals surface area contributed by atoms with Crippen LogP contribution in [0, 0.1) is 6.92 Å². The van der Waals surface area contributed by atoms with Crippen molar-refractivity contribution in [3.8, 4) is 5.75 Å². The number of benzene rings is 1. The minimum absolute atomic E-state index is 0.0719. The van der Waals surface area contributed by atoms with Gasteiger partial charge in [-0.3, -0.25) is 0 Å². The maximum atomic E-state index is 5.93. The summed E-state index contributed by atoms with van der Waals surface area (Å²) in [7, 11) is 1.69. The zero-order valence-corrected chi connectivity index (χ0v) is 11.3. The average molecular weight is 236 g/mol. The first kappa shape index (κ1) is 13.8. The molecule has 1 aromatic carbocycles. The molecule has 3 nitrogen and oxygen atoms in total. The van der Waals surface area contributed by atoms with Gasteiger partial charge in [-0.25, -0.2) is 0 Å². The Kier molecular flexibility index (Phi) is 4.82. The molecule has 0 fully saturated rings. The first-order valence-corrected chi connectivity index (χ1v) is 6.10. The van der Waals surface area contributed by atoms with Crippen LogP contribution < -0.4 is 15.8 Å². The van der Waals surface area contributed by atoms with E-state index in [9.17, 15) is 0 Å². The van der Waals surface area contributed by atoms with Gasteiger partial charge in [-0.05, 0) is 57.4 Å². The summed E-state index contributed by atoms with van der Waals surface area (Å²) in [4.78, 5) is 0. The van der Waals surface area contributed by atoms with Gasteiger partial charge in [-0.15, -0.1) is 0 Å². The maximum absolute atomic E-state index is 5.93. The Morgan fingerprint density at radius 2 is 2.06 bits per heavy atom. The number of hydrogen-bond donors (Lipinski definition) is 2. The van der Waals surface area contributed by atoms with Crippen LogP contribution in [-0.4, -0.2) is 19.2 Å². The fraction of sp³-hybridized carbons (Fsp3) is 0.571. The first-order chi connectivity index (χ1) is 7.92. The Bertz CT molecular complexity index is 356. The van der Waals surface area contributed by atoms with E-state index in [0.717, 1.165) is 36.4 Å². The van der Waals surface area contributed by atoms with Crippen molar-refractivity contribution in [3.63, 3.8) is 0 Å². The van der Waals surface area contributed by atoms with Gasteiger partial charge in [-0.2, -0.15) is 0 Å². The van der Waals surface area contributed by atoms with Crippen molar-refractivity contribution >= 4 is 5.69 Å². The maximum Gasteiger partial charge on any atom is 0.121 e. The summed E-state index contributed by atoms with van der Waals surface area (Å²) >= 11 is 0. The number of aryl methyl sites for hydroxylation is 1. The Morgan fingerprint density at radius 1 is 1.35 bits per heavy atom. The average Bonchev–Trinajstić information content (AvgIpc) is 2.23. The smallest absolute Gasteiger partial charge is 0.121 e. The third-order valence-corrected chi connectivity index (χ3v) is 2.72. The topological polar surface area (TPSA) is 47.3 Å². The second kappa shape index (κ2) is 5.92. The Hall–Kier alpha value is -1.22. The second-order valence-electron chi connectivity index (χ2n) is 5.20. The molecule has 0 aliphatic carbocycles. The van der Waals surface area contributed by atoms with E-state index in [1.165, 1.54) is 0 Å². The lowest BCUT2D eigenvalue weighted by molar-refractivity contribution is 0.412. The third kappa shape index (κ3) is 5.09. The number of nitrogens with one attached hydrogen (secondary N) is 1. The standard InChI is InChI=1S/C14H24N2O/c1-11-10-12(6-7-13(11)17-4)16-9-5-8-14(2,3)15/h6-7,10,16H,5,8-9,15H2,1-4H3. The van der Waals surface area contributed by atoms with E-state index in [-0.39, 0.29) is 5.54 Å². The number of nitrogens with two attached hydrogens (primary N) is 1. The van der Waals surface area contributed by atoms with Gasteiger partial charge in [0.15, 0.2) is 0 Å². The van der Waals surface area contributed by atoms with Gasteiger partial charge >= 0.3 is 0 Å². The summed E-state index contributed by atoms with van der Waals surface area (Å²) < 4.78 is 5.23. The van der Waals surface area contributed by atoms with Gasteiger partial charge in [-0.1, -0.05) is 0 Å². The van der Waals surface area contributed by atoms with Crippen LogP contribution in [0.1, 0.15) is 32.3 Å². The van der Waals surface area contributed by atoms with Crippen molar-refractivity contribution < 1.29 is 4.74 Å². The Morgan fingerprint density at radius 3 is 2.59 bits per heavy atom. The fourth-order valence-electron chi connectivity index (χ4n) is 1.77. The summed E-state index contributed by atoms with van der Waals surface area (Å²) in [5.74, 6) is 0.929. The van der Waals surface area contributed by atoms with Crippen LogP contribution in [0.25, 0.3) is 0 Å². The van der Waals surface area contributed by atoms with Crippen molar-refractivity contribution in [2.75, 3.05) is 19.0 Å². The predicted octanol–water partition coefficient (Wildman–Crippen LogP) is 2.93. The first-order valence-electron chi connectivity index (χ1n) is 6.10. The molecule has 1 rings (SSSR count). The van der Waals surface area contributed by atoms with Crippen LogP contribution in [0.4, 0.5) is 5.69 Å². The Balaban J connectivity index is 2.40. The van der Waals surface area contributed by atoms with Crippen LogP contribution in [0.2, 0.25) is 0 Å². The molecule has 0 amide bonds. The molecule has 0 bridgehead atoms. The molecule has 0 saturated heterocycles. The minimum Gasteiger partial charge on any atom is -0.496 e. The highest BCUT2D eigenvalue weighted by atomic mass is 16.5. The molecular formula is C14H24N2O. The van der Waals surface area contributed by atoms with Crippen LogP contribution in [0.5, 0.6) is 5.75 Å². The monoisotopic (exact) mass is 236 g/mol. The number of ether oxygens (including phenoxy) is 1. The lowest BCUT2D eigenvalue weighted by Crippen LogP contribution is -2.32. The van der Waals surface area contributed by atoms with E-state index in [0.29, 0.717) is 0 Å². The van der Waals surface area contributed by atoms with Crippen molar-refractivity contribution in [3.05, 3.63) is 23.8 Å². The molecule has 0 aliphatic heterocycles. The van der Waals surface area contributed by atoms with E-state index in [2.05, 4.69) is 25.2 Å². The summed E-state index contributed by atoms with van der Waals surface area (Å²) in [6.07, 6.45) is 2.10. The zero-order valence-electron chi connectivity index (χ0n) is 11.3. The van der Waals surface area contributed by atoms with Gasteiger partial charge in [0, 0.05) is 17.8 Å². The molecule has 0 atom stereocenters. The van der Waals surface area contributed by atoms with Gasteiger partial charge in [0.25, 0.3) is 0 Å². The molecule has 0 radical (unpaired) electrons. The van der Waals surface area contributed by atoms with Crippen molar-refractivity contribution in [2.45, 2.75) is 39.2 Å². The highest BCUT2D eigenvalue weighted by Gasteiger charge is 2.09. The number of rotatable bonds is 6. The van der Waals surface area contributed by atoms with Crippen molar-refractivity contribution in [1.29, 1.82) is 0 Å². The van der Waals surface area contributed by atoms with E-state index >= 15 is 0 Å². The van der Waals surface area contributed by atoms with Gasteiger partial charge < -0.3 is 15.8 Å². The summed E-state index contributed by atoms with van der Waals surface area (Å²) in [5.41, 5.74) is 8.15. The molecule has 17 heavy (non-hydrogen) atoms. The molecule has 0 spiro atoms. The largest absolute Gasteiger partial charge is 0.496 e. The van der Waals surface area contributed by atoms with Gasteiger partial charge in [0.1, 0.15) is 5.75 Å². The van der Waals surface area contributed by atoms with E-state index in [1.54, 1.807) is 7.11 Å². The minimum atomic E-state index is -0.0719. The molecule has 96 valence electrons. The fourth-order valence-corrected chi connectivity index (χ4v) is 1.77. The number of methoxy groups -OCH3 is 1. The molecular weight excluding hydrogens is 212 g/mol. The molecule has 1 aromatic rings. The molecule has 0 heterocycles. The molecule has 3 N–H and O–H groups in total. The summed E-state index contributed by atoms with van der Waals surface area (Å²) in [6.45, 7) is 7.12. The van der Waals surface area contributed by atoms with Crippen molar-refractivity contribution in [2.24, 2.45) is 5.73 Å². The molecule has 0 unspecified atom stereocenters. The van der Waals surface area contributed by atoms with Crippen LogP contribution in [0.3, 0.4) is 0 Å². The van der Waals surface area contributed by atoms with E-state index in [1.807, 2.05) is 19.1 Å². The normalized spacial score (nSPS) is 11.4. The lowest BCUT2D eigenvalue weighted by atomic mass is 10.0. The third-order valence-electron chi connectivity index (χ3n) is 2.72. The van der Waals surface area contributed by atoms with Crippen LogP contribution >= 0.6 is 0 Å². The molecule has 0 aromatic heterocycles. The van der Waals surface area contributed by atoms with E-state index in [4.69, 9.17) is 10.5 Å². The number of anilines is 1. The van der Waals surface area contributed by atoms with Crippen LogP contribution in [0.15, 0.2) is 18.2 Å². The lowest BCUT2D eigenvalue weighted by Gasteiger charge is -2.18. The molecule has 3 heteroatoms. The highest BCUT2D eigenvalue weighted by molar-refractivity contribution is 5.50. The van der Waals surface area contributed by atoms with Crippen LogP contribution in [-0.2, 0) is 0 Å². The Labute approximate surface area is 104 Å². The zero-order chi connectivity index (χ0) is 12.9. The summed E-state index contributed by atoms with van der Waals surface area (Å²) in [6, 6.07) is 6.14. The quantitative estimate of drug-likeness (QED) is 0.747. The molecule has 0 aliphatic rings. The predicted molar refractivity (Wildman–Crippen MR) is 73.7 cm³/mol.